The van der Waals surface area contributed by atoms with Crippen molar-refractivity contribution >= 4 is 11.8 Å². The van der Waals surface area contributed by atoms with E-state index in [1.807, 2.05) is 11.8 Å². The summed E-state index contributed by atoms with van der Waals surface area (Å²) >= 11 is 1.93. The molecule has 1 heterocycles. The van der Waals surface area contributed by atoms with E-state index < -0.39 is 0 Å². The summed E-state index contributed by atoms with van der Waals surface area (Å²) in [6.07, 6.45) is 8.27. The largest absolute Gasteiger partial charge is 0.497 e. The lowest BCUT2D eigenvalue weighted by Gasteiger charge is -2.26. The van der Waals surface area contributed by atoms with Crippen LogP contribution in [0, 0.1) is 5.92 Å². The Morgan fingerprint density at radius 3 is 2.74 bits per heavy atom. The van der Waals surface area contributed by atoms with E-state index in [0.29, 0.717) is 5.92 Å². The van der Waals surface area contributed by atoms with Crippen LogP contribution in [0.2, 0.25) is 0 Å². The van der Waals surface area contributed by atoms with E-state index in [9.17, 15) is 0 Å². The molecule has 0 saturated carbocycles. The molecule has 23 heavy (non-hydrogen) atoms. The van der Waals surface area contributed by atoms with Crippen LogP contribution < -0.4 is 4.74 Å². The zero-order valence-corrected chi connectivity index (χ0v) is 14.1. The lowest BCUT2D eigenvalue weighted by Crippen LogP contribution is -2.10. The van der Waals surface area contributed by atoms with Gasteiger partial charge in [0.1, 0.15) is 5.75 Å². The number of ether oxygens (including phenoxy) is 1. The number of benzene rings is 2. The van der Waals surface area contributed by atoms with Crippen molar-refractivity contribution < 1.29 is 4.74 Å². The number of thioether (sulfide) groups is 1. The van der Waals surface area contributed by atoms with Crippen LogP contribution in [0.3, 0.4) is 0 Å². The quantitative estimate of drug-likeness (QED) is 0.747. The Kier molecular flexibility index (Phi) is 4.00. The van der Waals surface area contributed by atoms with Crippen LogP contribution in [0.25, 0.3) is 0 Å². The van der Waals surface area contributed by atoms with Gasteiger partial charge in [-0.3, -0.25) is 0 Å². The molecule has 116 valence electrons. The van der Waals surface area contributed by atoms with E-state index in [4.69, 9.17) is 4.74 Å². The number of fused-ring (bicyclic) bond motifs is 2. The van der Waals surface area contributed by atoms with Crippen LogP contribution >= 0.6 is 11.8 Å². The van der Waals surface area contributed by atoms with Gasteiger partial charge in [0.05, 0.1) is 7.11 Å². The SMILES string of the molecule is COc1ccc(CC2C=C3Sc4ccccc4CC3=CC2)cc1. The van der Waals surface area contributed by atoms with Crippen LogP contribution in [0.5, 0.6) is 5.75 Å². The molecular weight excluding hydrogens is 300 g/mol. The average molecular weight is 320 g/mol. The fourth-order valence-electron chi connectivity index (χ4n) is 3.32. The highest BCUT2D eigenvalue weighted by Gasteiger charge is 2.22. The standard InChI is InChI=1S/C21H20OS/c1-22-19-10-7-15(8-11-19)12-16-6-9-18-14-17-4-2-3-5-20(17)23-21(18)13-16/h2-5,7-11,13,16H,6,12,14H2,1H3. The van der Waals surface area contributed by atoms with Gasteiger partial charge in [0.2, 0.25) is 0 Å². The Hall–Kier alpha value is -1.93. The van der Waals surface area contributed by atoms with E-state index in [1.54, 1.807) is 7.11 Å². The van der Waals surface area contributed by atoms with Gasteiger partial charge in [-0.2, -0.15) is 0 Å². The van der Waals surface area contributed by atoms with Gasteiger partial charge in [-0.05, 0) is 60.1 Å². The fraction of sp³-hybridized carbons (Fsp3) is 0.238. The van der Waals surface area contributed by atoms with E-state index >= 15 is 0 Å². The summed E-state index contributed by atoms with van der Waals surface area (Å²) in [6.45, 7) is 0. The van der Waals surface area contributed by atoms with E-state index in [2.05, 4.69) is 60.7 Å². The highest BCUT2D eigenvalue weighted by molar-refractivity contribution is 8.03. The molecule has 1 aliphatic heterocycles. The maximum atomic E-state index is 5.24. The lowest BCUT2D eigenvalue weighted by atomic mass is 9.88. The number of rotatable bonds is 3. The van der Waals surface area contributed by atoms with Crippen molar-refractivity contribution in [3.8, 4) is 5.75 Å². The topological polar surface area (TPSA) is 9.23 Å². The number of hydrogen-bond donors (Lipinski definition) is 0. The molecule has 0 amide bonds. The van der Waals surface area contributed by atoms with Crippen molar-refractivity contribution in [3.63, 3.8) is 0 Å². The van der Waals surface area contributed by atoms with Crippen molar-refractivity contribution in [3.05, 3.63) is 82.3 Å². The molecule has 1 unspecified atom stereocenters. The normalized spacial score (nSPS) is 19.3. The molecule has 0 radical (unpaired) electrons. The maximum Gasteiger partial charge on any atom is 0.118 e. The van der Waals surface area contributed by atoms with Crippen LogP contribution in [0.15, 0.2) is 76.1 Å². The first-order valence-corrected chi connectivity index (χ1v) is 8.93. The van der Waals surface area contributed by atoms with Crippen LogP contribution in [-0.2, 0) is 12.8 Å². The second kappa shape index (κ2) is 6.29. The summed E-state index contributed by atoms with van der Waals surface area (Å²) in [4.78, 5) is 2.88. The number of hydrogen-bond acceptors (Lipinski definition) is 2. The first kappa shape index (κ1) is 14.6. The first-order chi connectivity index (χ1) is 11.3. The first-order valence-electron chi connectivity index (χ1n) is 8.12. The summed E-state index contributed by atoms with van der Waals surface area (Å²) in [6, 6.07) is 17.2. The molecule has 1 nitrogen and oxygen atoms in total. The lowest BCUT2D eigenvalue weighted by molar-refractivity contribution is 0.414. The minimum absolute atomic E-state index is 0.597. The second-order valence-electron chi connectivity index (χ2n) is 6.19. The third-order valence-corrected chi connectivity index (χ3v) is 5.84. The van der Waals surface area contributed by atoms with Crippen LogP contribution in [0.4, 0.5) is 0 Å². The van der Waals surface area contributed by atoms with Crippen molar-refractivity contribution in [1.29, 1.82) is 0 Å². The molecule has 0 N–H and O–H groups in total. The zero-order chi connectivity index (χ0) is 15.6. The van der Waals surface area contributed by atoms with Crippen LogP contribution in [0.1, 0.15) is 17.5 Å². The Labute approximate surface area is 142 Å². The van der Waals surface area contributed by atoms with Crippen molar-refractivity contribution in [2.45, 2.75) is 24.2 Å². The molecule has 0 aromatic heterocycles. The van der Waals surface area contributed by atoms with Crippen molar-refractivity contribution in [1.82, 2.24) is 0 Å². The molecule has 2 aromatic rings. The number of methoxy groups -OCH3 is 1. The summed E-state index contributed by atoms with van der Waals surface area (Å²) in [5, 5.41) is 0. The molecule has 2 heteroatoms. The fourth-order valence-corrected chi connectivity index (χ4v) is 4.52. The molecule has 1 aliphatic carbocycles. The highest BCUT2D eigenvalue weighted by Crippen LogP contribution is 2.44. The van der Waals surface area contributed by atoms with Gasteiger partial charge in [0, 0.05) is 9.80 Å². The minimum Gasteiger partial charge on any atom is -0.497 e. The Morgan fingerprint density at radius 1 is 1.09 bits per heavy atom. The Bertz CT molecular complexity index is 771. The van der Waals surface area contributed by atoms with Gasteiger partial charge in [-0.25, -0.2) is 0 Å². The molecule has 0 bridgehead atoms. The Balaban J connectivity index is 1.51. The van der Waals surface area contributed by atoms with Crippen LogP contribution in [-0.4, -0.2) is 7.11 Å². The Morgan fingerprint density at radius 2 is 1.91 bits per heavy atom. The van der Waals surface area contributed by atoms with Gasteiger partial charge in [-0.1, -0.05) is 54.2 Å². The second-order valence-corrected chi connectivity index (χ2v) is 7.28. The predicted octanol–water partition coefficient (Wildman–Crippen LogP) is 5.42. The zero-order valence-electron chi connectivity index (χ0n) is 13.3. The summed E-state index contributed by atoms with van der Waals surface area (Å²) in [7, 11) is 1.71. The number of allylic oxidation sites excluding steroid dienone is 3. The van der Waals surface area contributed by atoms with Gasteiger partial charge in [0.25, 0.3) is 0 Å². The van der Waals surface area contributed by atoms with E-state index in [1.165, 1.54) is 26.5 Å². The average Bonchev–Trinajstić information content (AvgIpc) is 2.60. The highest BCUT2D eigenvalue weighted by atomic mass is 32.2. The third kappa shape index (κ3) is 3.09. The van der Waals surface area contributed by atoms with Crippen molar-refractivity contribution in [2.24, 2.45) is 5.92 Å². The van der Waals surface area contributed by atoms with Gasteiger partial charge in [0.15, 0.2) is 0 Å². The van der Waals surface area contributed by atoms with E-state index in [-0.39, 0.29) is 0 Å². The predicted molar refractivity (Wildman–Crippen MR) is 97.0 cm³/mol. The molecule has 0 fully saturated rings. The molecule has 2 aliphatic rings. The molecule has 0 spiro atoms. The summed E-state index contributed by atoms with van der Waals surface area (Å²) < 4.78 is 5.24. The van der Waals surface area contributed by atoms with Gasteiger partial charge in [-0.15, -0.1) is 0 Å². The van der Waals surface area contributed by atoms with Crippen molar-refractivity contribution in [2.75, 3.05) is 7.11 Å². The monoisotopic (exact) mass is 320 g/mol. The van der Waals surface area contributed by atoms with Gasteiger partial charge >= 0.3 is 0 Å². The molecule has 0 saturated heterocycles. The molecule has 2 aromatic carbocycles. The molecular formula is C21H20OS. The van der Waals surface area contributed by atoms with Gasteiger partial charge < -0.3 is 4.74 Å². The smallest absolute Gasteiger partial charge is 0.118 e. The third-order valence-electron chi connectivity index (χ3n) is 4.60. The summed E-state index contributed by atoms with van der Waals surface area (Å²) in [5.74, 6) is 1.53. The molecule has 1 atom stereocenters. The maximum absolute atomic E-state index is 5.24. The molecule has 4 rings (SSSR count). The minimum atomic E-state index is 0.597. The van der Waals surface area contributed by atoms with E-state index in [0.717, 1.165) is 25.0 Å². The summed E-state index contributed by atoms with van der Waals surface area (Å²) in [5.41, 5.74) is 4.36.